The lowest BCUT2D eigenvalue weighted by molar-refractivity contribution is 0.438. The lowest BCUT2D eigenvalue weighted by Gasteiger charge is -2.16. The Morgan fingerprint density at radius 1 is 1.29 bits per heavy atom. The fourth-order valence-corrected chi connectivity index (χ4v) is 2.05. The maximum Gasteiger partial charge on any atom is 0.258 e. The maximum absolute atomic E-state index is 9.68. The van der Waals surface area contributed by atoms with Crippen LogP contribution in [-0.4, -0.2) is 24.7 Å². The van der Waals surface area contributed by atoms with Crippen LogP contribution in [0.15, 0.2) is 6.33 Å². The molecule has 1 N–H and O–H groups in total. The standard InChI is InChI=1S/C9H10N4O/c14-8-6-3-1-2-4-7(6)13-5-10-12-9(13)11-8/h5H,1-4H2,(H,11,12,14). The summed E-state index contributed by atoms with van der Waals surface area (Å²) in [5.41, 5.74) is 2.08. The van der Waals surface area contributed by atoms with Crippen LogP contribution >= 0.6 is 0 Å². The largest absolute Gasteiger partial charge is 0.493 e. The Labute approximate surface area is 80.4 Å². The van der Waals surface area contributed by atoms with Crippen molar-refractivity contribution >= 4 is 5.78 Å². The predicted octanol–water partition coefficient (Wildman–Crippen LogP) is 0.709. The second kappa shape index (κ2) is 2.67. The van der Waals surface area contributed by atoms with E-state index in [0.717, 1.165) is 36.9 Å². The van der Waals surface area contributed by atoms with Crippen LogP contribution in [-0.2, 0) is 12.8 Å². The summed E-state index contributed by atoms with van der Waals surface area (Å²) in [7, 11) is 0. The number of rotatable bonds is 0. The van der Waals surface area contributed by atoms with Crippen LogP contribution in [0.2, 0.25) is 0 Å². The summed E-state index contributed by atoms with van der Waals surface area (Å²) >= 11 is 0. The molecule has 2 heterocycles. The molecule has 0 radical (unpaired) electrons. The Morgan fingerprint density at radius 3 is 3.07 bits per heavy atom. The average Bonchev–Trinajstić information content (AvgIpc) is 2.66. The molecule has 0 fully saturated rings. The molecular weight excluding hydrogens is 180 g/mol. The molecule has 0 bridgehead atoms. The van der Waals surface area contributed by atoms with Gasteiger partial charge in [-0.2, -0.15) is 4.98 Å². The Balaban J connectivity index is 2.39. The van der Waals surface area contributed by atoms with Gasteiger partial charge in [0.25, 0.3) is 5.78 Å². The fraction of sp³-hybridized carbons (Fsp3) is 0.444. The molecular formula is C9H10N4O. The minimum atomic E-state index is 0.125. The van der Waals surface area contributed by atoms with Crippen LogP contribution in [0, 0.1) is 0 Å². The maximum atomic E-state index is 9.68. The summed E-state index contributed by atoms with van der Waals surface area (Å²) in [5.74, 6) is 0.614. The first-order chi connectivity index (χ1) is 6.86. The zero-order chi connectivity index (χ0) is 9.54. The van der Waals surface area contributed by atoms with E-state index in [1.54, 1.807) is 6.33 Å². The van der Waals surface area contributed by atoms with Crippen LogP contribution in [0.4, 0.5) is 0 Å². The molecule has 1 aliphatic carbocycles. The SMILES string of the molecule is Oc1nc2nncn2c2c1CCCC2. The topological polar surface area (TPSA) is 63.3 Å². The van der Waals surface area contributed by atoms with Crippen molar-refractivity contribution < 1.29 is 5.11 Å². The van der Waals surface area contributed by atoms with Gasteiger partial charge in [0.2, 0.25) is 5.88 Å². The molecule has 5 nitrogen and oxygen atoms in total. The zero-order valence-electron chi connectivity index (χ0n) is 7.64. The molecule has 2 aromatic rings. The first-order valence-electron chi connectivity index (χ1n) is 4.77. The van der Waals surface area contributed by atoms with Crippen molar-refractivity contribution in [2.75, 3.05) is 0 Å². The molecule has 0 saturated heterocycles. The van der Waals surface area contributed by atoms with Gasteiger partial charge >= 0.3 is 0 Å². The lowest BCUT2D eigenvalue weighted by atomic mass is 9.97. The fourth-order valence-electron chi connectivity index (χ4n) is 2.05. The summed E-state index contributed by atoms with van der Waals surface area (Å²) in [6.07, 6.45) is 5.81. The Kier molecular flexibility index (Phi) is 1.47. The van der Waals surface area contributed by atoms with Crippen LogP contribution in [0.25, 0.3) is 5.78 Å². The summed E-state index contributed by atoms with van der Waals surface area (Å²) in [6.45, 7) is 0. The van der Waals surface area contributed by atoms with Gasteiger partial charge in [0.1, 0.15) is 6.33 Å². The highest BCUT2D eigenvalue weighted by atomic mass is 16.3. The molecule has 14 heavy (non-hydrogen) atoms. The lowest BCUT2D eigenvalue weighted by Crippen LogP contribution is -2.09. The van der Waals surface area contributed by atoms with E-state index in [1.807, 2.05) is 4.40 Å². The Hall–Kier alpha value is -1.65. The van der Waals surface area contributed by atoms with Crippen molar-refractivity contribution in [2.24, 2.45) is 0 Å². The molecule has 0 spiro atoms. The van der Waals surface area contributed by atoms with Crippen LogP contribution in [0.5, 0.6) is 5.88 Å². The van der Waals surface area contributed by atoms with Gasteiger partial charge in [0, 0.05) is 11.3 Å². The van der Waals surface area contributed by atoms with E-state index >= 15 is 0 Å². The van der Waals surface area contributed by atoms with E-state index in [2.05, 4.69) is 15.2 Å². The van der Waals surface area contributed by atoms with Gasteiger partial charge in [-0.05, 0) is 25.7 Å². The van der Waals surface area contributed by atoms with Gasteiger partial charge in [-0.25, -0.2) is 0 Å². The van der Waals surface area contributed by atoms with E-state index in [-0.39, 0.29) is 5.88 Å². The van der Waals surface area contributed by atoms with Crippen molar-refractivity contribution in [1.29, 1.82) is 0 Å². The minimum absolute atomic E-state index is 0.125. The van der Waals surface area contributed by atoms with Crippen molar-refractivity contribution in [3.63, 3.8) is 0 Å². The summed E-state index contributed by atoms with van der Waals surface area (Å²) in [4.78, 5) is 3.99. The smallest absolute Gasteiger partial charge is 0.258 e. The number of aromatic hydroxyl groups is 1. The highest BCUT2D eigenvalue weighted by molar-refractivity contribution is 5.41. The number of hydrogen-bond donors (Lipinski definition) is 1. The number of hydrogen-bond acceptors (Lipinski definition) is 4. The van der Waals surface area contributed by atoms with E-state index < -0.39 is 0 Å². The van der Waals surface area contributed by atoms with Gasteiger partial charge in [0.05, 0.1) is 0 Å². The van der Waals surface area contributed by atoms with Crippen LogP contribution in [0.3, 0.4) is 0 Å². The highest BCUT2D eigenvalue weighted by Gasteiger charge is 2.18. The van der Waals surface area contributed by atoms with E-state index in [1.165, 1.54) is 0 Å². The number of nitrogens with zero attached hydrogens (tertiary/aromatic N) is 4. The predicted molar refractivity (Wildman–Crippen MR) is 49.1 cm³/mol. The normalized spacial score (nSPS) is 15.7. The summed E-state index contributed by atoms with van der Waals surface area (Å²) in [5, 5.41) is 17.3. The van der Waals surface area contributed by atoms with Crippen molar-refractivity contribution in [3.05, 3.63) is 17.6 Å². The summed E-state index contributed by atoms with van der Waals surface area (Å²) in [6, 6.07) is 0. The van der Waals surface area contributed by atoms with Gasteiger partial charge in [-0.15, -0.1) is 10.2 Å². The minimum Gasteiger partial charge on any atom is -0.493 e. The summed E-state index contributed by atoms with van der Waals surface area (Å²) < 4.78 is 1.87. The van der Waals surface area contributed by atoms with E-state index in [4.69, 9.17) is 0 Å². The highest BCUT2D eigenvalue weighted by Crippen LogP contribution is 2.27. The Morgan fingerprint density at radius 2 is 2.14 bits per heavy atom. The second-order valence-electron chi connectivity index (χ2n) is 3.57. The third kappa shape index (κ3) is 0.921. The van der Waals surface area contributed by atoms with E-state index in [9.17, 15) is 5.11 Å². The molecule has 0 amide bonds. The van der Waals surface area contributed by atoms with Gasteiger partial charge in [-0.1, -0.05) is 0 Å². The van der Waals surface area contributed by atoms with Crippen LogP contribution < -0.4 is 0 Å². The van der Waals surface area contributed by atoms with Crippen LogP contribution in [0.1, 0.15) is 24.1 Å². The molecule has 0 saturated carbocycles. The average molecular weight is 190 g/mol. The van der Waals surface area contributed by atoms with E-state index in [0.29, 0.717) is 5.78 Å². The number of fused-ring (bicyclic) bond motifs is 3. The molecule has 0 aromatic carbocycles. The molecule has 1 aliphatic rings. The molecule has 2 aromatic heterocycles. The van der Waals surface area contributed by atoms with Gasteiger partial charge in [0.15, 0.2) is 0 Å². The molecule has 5 heteroatoms. The first-order valence-corrected chi connectivity index (χ1v) is 4.77. The third-order valence-corrected chi connectivity index (χ3v) is 2.74. The zero-order valence-corrected chi connectivity index (χ0v) is 7.64. The monoisotopic (exact) mass is 190 g/mol. The molecule has 0 aliphatic heterocycles. The second-order valence-corrected chi connectivity index (χ2v) is 3.57. The van der Waals surface area contributed by atoms with Crippen molar-refractivity contribution in [1.82, 2.24) is 19.6 Å². The van der Waals surface area contributed by atoms with Gasteiger partial charge in [-0.3, -0.25) is 4.40 Å². The molecule has 0 atom stereocenters. The number of aryl methyl sites for hydroxylation is 1. The first kappa shape index (κ1) is 7.73. The molecule has 72 valence electrons. The number of aromatic nitrogens is 4. The molecule has 0 unspecified atom stereocenters. The van der Waals surface area contributed by atoms with Gasteiger partial charge < -0.3 is 5.11 Å². The van der Waals surface area contributed by atoms with Crippen molar-refractivity contribution in [3.8, 4) is 5.88 Å². The quantitative estimate of drug-likeness (QED) is 0.664. The van der Waals surface area contributed by atoms with Crippen molar-refractivity contribution in [2.45, 2.75) is 25.7 Å². The Bertz CT molecular complexity index is 491. The molecule has 3 rings (SSSR count). The third-order valence-electron chi connectivity index (χ3n) is 2.74.